The minimum atomic E-state index is -0.806. The summed E-state index contributed by atoms with van der Waals surface area (Å²) in [6.45, 7) is 14.2. The highest BCUT2D eigenvalue weighted by Crippen LogP contribution is 2.33. The number of likely N-dealkylation sites (tertiary alicyclic amines) is 1. The number of carbonyl (C=O) groups excluding carboxylic acids is 4. The topological polar surface area (TPSA) is 117 Å². The Kier molecular flexibility index (Phi) is 9.73. The maximum atomic E-state index is 13.5. The van der Waals surface area contributed by atoms with Crippen molar-refractivity contribution in [1.82, 2.24) is 20.4 Å². The molecular formula is C32H44N4O6S. The van der Waals surface area contributed by atoms with Crippen molar-refractivity contribution in [3.05, 3.63) is 57.3 Å². The minimum Gasteiger partial charge on any atom is -0.444 e. The lowest BCUT2D eigenvalue weighted by atomic mass is 9.85. The largest absolute Gasteiger partial charge is 0.444 e. The first-order valence-corrected chi connectivity index (χ1v) is 15.6. The van der Waals surface area contributed by atoms with Crippen molar-refractivity contribution in [1.29, 1.82) is 0 Å². The van der Waals surface area contributed by atoms with E-state index in [-0.39, 0.29) is 23.8 Å². The van der Waals surface area contributed by atoms with Crippen LogP contribution < -0.4 is 10.6 Å². The maximum absolute atomic E-state index is 13.5. The number of amides is 4. The van der Waals surface area contributed by atoms with Crippen molar-refractivity contribution in [2.24, 2.45) is 0 Å². The van der Waals surface area contributed by atoms with Crippen molar-refractivity contribution in [2.75, 3.05) is 6.54 Å². The predicted octanol–water partition coefficient (Wildman–Crippen LogP) is 5.30. The third kappa shape index (κ3) is 8.72. The molecule has 0 saturated carbocycles. The molecule has 10 nitrogen and oxygen atoms in total. The number of ether oxygens (including phenoxy) is 2. The standard InChI is InChI=1S/C32H44N4O6S/c1-20(27(37)33-17-24-15-23-18-35(19-26(23)43-24)29(39)41-31(2,3)4)34-28(38)25-16-22(21-11-9-8-10-12-21)13-14-36(25)30(40)42-32(5,6)7/h8-12,15,20,22,25H,13-14,16-19H2,1-7H3,(H,33,37)(H,34,38)/t20-,22-,25+/m0/s1. The number of thiophene rings is 1. The van der Waals surface area contributed by atoms with Gasteiger partial charge in [-0.15, -0.1) is 11.3 Å². The summed E-state index contributed by atoms with van der Waals surface area (Å²) in [7, 11) is 0. The van der Waals surface area contributed by atoms with Crippen LogP contribution in [0.25, 0.3) is 0 Å². The smallest absolute Gasteiger partial charge is 0.410 e. The van der Waals surface area contributed by atoms with Crippen LogP contribution >= 0.6 is 11.3 Å². The monoisotopic (exact) mass is 612 g/mol. The summed E-state index contributed by atoms with van der Waals surface area (Å²) in [5.41, 5.74) is 0.918. The van der Waals surface area contributed by atoms with Gasteiger partial charge in [-0.25, -0.2) is 9.59 Å². The van der Waals surface area contributed by atoms with Gasteiger partial charge in [0.25, 0.3) is 0 Å². The van der Waals surface area contributed by atoms with E-state index in [2.05, 4.69) is 10.6 Å². The second-order valence-corrected chi connectivity index (χ2v) is 14.5. The Balaban J connectivity index is 1.34. The predicted molar refractivity (Wildman–Crippen MR) is 164 cm³/mol. The Bertz CT molecular complexity index is 1310. The number of hydrogen-bond donors (Lipinski definition) is 2. The Morgan fingerprint density at radius 2 is 1.63 bits per heavy atom. The van der Waals surface area contributed by atoms with Crippen LogP contribution in [-0.4, -0.2) is 63.6 Å². The second-order valence-electron chi connectivity index (χ2n) is 13.3. The zero-order valence-electron chi connectivity index (χ0n) is 26.2. The molecule has 2 aliphatic rings. The molecule has 1 saturated heterocycles. The Morgan fingerprint density at radius 1 is 0.977 bits per heavy atom. The lowest BCUT2D eigenvalue weighted by Crippen LogP contribution is -2.57. The molecule has 0 radical (unpaired) electrons. The van der Waals surface area contributed by atoms with E-state index in [0.29, 0.717) is 39.0 Å². The van der Waals surface area contributed by atoms with Crippen LogP contribution in [0, 0.1) is 0 Å². The van der Waals surface area contributed by atoms with Gasteiger partial charge in [0.2, 0.25) is 11.8 Å². The fourth-order valence-electron chi connectivity index (χ4n) is 5.26. The molecule has 43 heavy (non-hydrogen) atoms. The van der Waals surface area contributed by atoms with E-state index in [1.54, 1.807) is 43.9 Å². The highest BCUT2D eigenvalue weighted by molar-refractivity contribution is 7.12. The molecule has 1 aromatic heterocycles. The van der Waals surface area contributed by atoms with Gasteiger partial charge >= 0.3 is 12.2 Å². The molecule has 1 aromatic carbocycles. The van der Waals surface area contributed by atoms with Gasteiger partial charge in [-0.1, -0.05) is 30.3 Å². The molecule has 0 bridgehead atoms. The lowest BCUT2D eigenvalue weighted by molar-refractivity contribution is -0.132. The van der Waals surface area contributed by atoms with Crippen LogP contribution in [0.5, 0.6) is 0 Å². The number of benzene rings is 1. The van der Waals surface area contributed by atoms with Crippen molar-refractivity contribution in [3.8, 4) is 0 Å². The van der Waals surface area contributed by atoms with Gasteiger partial charge in [0, 0.05) is 16.3 Å². The third-order valence-corrected chi connectivity index (χ3v) is 8.45. The zero-order valence-corrected chi connectivity index (χ0v) is 27.0. The van der Waals surface area contributed by atoms with Gasteiger partial charge < -0.3 is 20.1 Å². The van der Waals surface area contributed by atoms with Gasteiger partial charge in [-0.05, 0) is 84.4 Å². The Labute approximate surface area is 258 Å². The van der Waals surface area contributed by atoms with Gasteiger partial charge in [0.15, 0.2) is 0 Å². The van der Waals surface area contributed by atoms with Gasteiger partial charge in [0.05, 0.1) is 19.6 Å². The molecule has 2 N–H and O–H groups in total. The molecule has 2 aliphatic heterocycles. The van der Waals surface area contributed by atoms with Crippen molar-refractivity contribution < 1.29 is 28.7 Å². The molecule has 4 rings (SSSR count). The third-order valence-electron chi connectivity index (χ3n) is 7.29. The van der Waals surface area contributed by atoms with Crippen LogP contribution in [0.4, 0.5) is 9.59 Å². The van der Waals surface area contributed by atoms with Crippen molar-refractivity contribution in [2.45, 2.75) is 110 Å². The number of hydrogen-bond acceptors (Lipinski definition) is 7. The van der Waals surface area contributed by atoms with E-state index in [0.717, 1.165) is 20.9 Å². The molecule has 3 atom stereocenters. The maximum Gasteiger partial charge on any atom is 0.410 e. The van der Waals surface area contributed by atoms with Crippen LogP contribution in [-0.2, 0) is 38.7 Å². The number of nitrogens with zero attached hydrogens (tertiary/aromatic N) is 2. The zero-order chi connectivity index (χ0) is 31.5. The number of piperidine rings is 1. The van der Waals surface area contributed by atoms with Crippen LogP contribution in [0.2, 0.25) is 0 Å². The lowest BCUT2D eigenvalue weighted by Gasteiger charge is -2.39. The average Bonchev–Trinajstić information content (AvgIpc) is 3.49. The summed E-state index contributed by atoms with van der Waals surface area (Å²) in [6.07, 6.45) is 0.273. The summed E-state index contributed by atoms with van der Waals surface area (Å²) < 4.78 is 11.1. The van der Waals surface area contributed by atoms with Crippen LogP contribution in [0.15, 0.2) is 36.4 Å². The normalized spacial score (nSPS) is 19.3. The Morgan fingerprint density at radius 3 is 2.26 bits per heavy atom. The number of nitrogens with one attached hydrogen (secondary N) is 2. The minimum absolute atomic E-state index is 0.104. The van der Waals surface area contributed by atoms with E-state index in [4.69, 9.17) is 9.47 Å². The number of fused-ring (bicyclic) bond motifs is 1. The van der Waals surface area contributed by atoms with E-state index >= 15 is 0 Å². The van der Waals surface area contributed by atoms with E-state index in [1.807, 2.05) is 57.2 Å². The highest BCUT2D eigenvalue weighted by Gasteiger charge is 2.39. The fraction of sp³-hybridized carbons (Fsp3) is 0.562. The molecule has 234 valence electrons. The van der Waals surface area contributed by atoms with Gasteiger partial charge in [0.1, 0.15) is 23.3 Å². The molecule has 4 amide bonds. The number of rotatable bonds is 6. The molecule has 0 aliphatic carbocycles. The van der Waals surface area contributed by atoms with Crippen molar-refractivity contribution >= 4 is 35.3 Å². The highest BCUT2D eigenvalue weighted by atomic mass is 32.1. The van der Waals surface area contributed by atoms with Gasteiger partial charge in [-0.3, -0.25) is 19.4 Å². The number of carbonyl (C=O) groups is 4. The van der Waals surface area contributed by atoms with E-state index in [9.17, 15) is 19.2 Å². The Hall–Kier alpha value is -3.60. The quantitative estimate of drug-likeness (QED) is 0.457. The second kappa shape index (κ2) is 13.0. The van der Waals surface area contributed by atoms with E-state index < -0.39 is 29.4 Å². The summed E-state index contributed by atoms with van der Waals surface area (Å²) >= 11 is 1.55. The first-order valence-electron chi connectivity index (χ1n) is 14.8. The fourth-order valence-corrected chi connectivity index (χ4v) is 6.39. The molecule has 0 spiro atoms. The van der Waals surface area contributed by atoms with Crippen molar-refractivity contribution in [3.63, 3.8) is 0 Å². The molecule has 11 heteroatoms. The van der Waals surface area contributed by atoms with Crippen LogP contribution in [0.3, 0.4) is 0 Å². The summed E-state index contributed by atoms with van der Waals surface area (Å²) in [4.78, 5) is 57.1. The molecule has 1 fully saturated rings. The van der Waals surface area contributed by atoms with Gasteiger partial charge in [-0.2, -0.15) is 0 Å². The average molecular weight is 613 g/mol. The summed E-state index contributed by atoms with van der Waals surface area (Å²) in [6, 6.07) is 10.4. The SMILES string of the molecule is C[C@H](NC(=O)[C@H]1C[C@@H](c2ccccc2)CCN1C(=O)OC(C)(C)C)C(=O)NCc1cc2c(s1)CN(C(=O)OC(C)(C)C)C2. The molecule has 0 unspecified atom stereocenters. The molecule has 3 heterocycles. The summed E-state index contributed by atoms with van der Waals surface area (Å²) in [5, 5.41) is 5.73. The van der Waals surface area contributed by atoms with Crippen LogP contribution in [0.1, 0.15) is 88.1 Å². The first-order chi connectivity index (χ1) is 20.1. The first kappa shape index (κ1) is 32.3. The molecule has 2 aromatic rings. The van der Waals surface area contributed by atoms with E-state index in [1.165, 1.54) is 4.90 Å². The summed E-state index contributed by atoms with van der Waals surface area (Å²) in [5.74, 6) is -0.602. The molecular weight excluding hydrogens is 568 g/mol.